The van der Waals surface area contributed by atoms with Gasteiger partial charge in [-0.05, 0) is 51.4 Å². The lowest BCUT2D eigenvalue weighted by atomic mass is 9.64. The summed E-state index contributed by atoms with van der Waals surface area (Å²) in [6.45, 7) is 22.2. The van der Waals surface area contributed by atoms with Crippen LogP contribution in [0.2, 0.25) is 0 Å². The normalized spacial score (nSPS) is 36.1. The van der Waals surface area contributed by atoms with E-state index in [1.807, 2.05) is 0 Å². The summed E-state index contributed by atoms with van der Waals surface area (Å²) in [5, 5.41) is 0. The fourth-order valence-electron chi connectivity index (χ4n) is 3.56. The van der Waals surface area contributed by atoms with Crippen molar-refractivity contribution >= 4 is 0 Å². The summed E-state index contributed by atoms with van der Waals surface area (Å²) in [4.78, 5) is 0. The molecule has 0 spiro atoms. The first-order valence-electron chi connectivity index (χ1n) is 7.63. The zero-order chi connectivity index (χ0) is 14.8. The van der Waals surface area contributed by atoms with E-state index in [0.717, 1.165) is 12.3 Å². The summed E-state index contributed by atoms with van der Waals surface area (Å²) in [6, 6.07) is 0. The standard InChI is InChI=1S/C19H32/c1-9-17-12-18(7,14(2)3)10-16(6)11-19(8,13-17)15(4)5/h10,17H,2,4,9,11-13H2,1,3,5-8H3. The van der Waals surface area contributed by atoms with Gasteiger partial charge in [0, 0.05) is 5.41 Å². The van der Waals surface area contributed by atoms with E-state index in [4.69, 9.17) is 0 Å². The molecule has 0 aliphatic heterocycles. The second-order valence-corrected chi connectivity index (χ2v) is 7.39. The molecule has 3 atom stereocenters. The van der Waals surface area contributed by atoms with Crippen molar-refractivity contribution in [1.82, 2.24) is 0 Å². The number of allylic oxidation sites excluding steroid dienone is 4. The van der Waals surface area contributed by atoms with Crippen LogP contribution in [0.15, 0.2) is 36.0 Å². The van der Waals surface area contributed by atoms with Crippen molar-refractivity contribution in [2.24, 2.45) is 16.7 Å². The highest BCUT2D eigenvalue weighted by Gasteiger charge is 2.35. The quantitative estimate of drug-likeness (QED) is 0.522. The first-order chi connectivity index (χ1) is 8.63. The van der Waals surface area contributed by atoms with Gasteiger partial charge in [-0.2, -0.15) is 0 Å². The van der Waals surface area contributed by atoms with Crippen LogP contribution in [0.4, 0.5) is 0 Å². The molecule has 0 amide bonds. The van der Waals surface area contributed by atoms with Gasteiger partial charge in [0.25, 0.3) is 0 Å². The van der Waals surface area contributed by atoms with Gasteiger partial charge in [0.1, 0.15) is 0 Å². The summed E-state index contributed by atoms with van der Waals surface area (Å²) < 4.78 is 0. The van der Waals surface area contributed by atoms with Gasteiger partial charge in [0.05, 0.1) is 0 Å². The largest absolute Gasteiger partial charge is 0.0996 e. The molecule has 0 heteroatoms. The first kappa shape index (κ1) is 16.3. The zero-order valence-electron chi connectivity index (χ0n) is 13.9. The van der Waals surface area contributed by atoms with Crippen molar-refractivity contribution < 1.29 is 0 Å². The highest BCUT2D eigenvalue weighted by molar-refractivity contribution is 5.24. The van der Waals surface area contributed by atoms with E-state index in [-0.39, 0.29) is 10.8 Å². The minimum Gasteiger partial charge on any atom is -0.0996 e. The minimum atomic E-state index is 0.168. The molecule has 108 valence electrons. The lowest BCUT2D eigenvalue weighted by molar-refractivity contribution is 0.222. The molecule has 19 heavy (non-hydrogen) atoms. The molecule has 0 bridgehead atoms. The highest BCUT2D eigenvalue weighted by atomic mass is 14.4. The maximum absolute atomic E-state index is 4.25. The van der Waals surface area contributed by atoms with Gasteiger partial charge >= 0.3 is 0 Å². The van der Waals surface area contributed by atoms with Crippen molar-refractivity contribution in [3.8, 4) is 0 Å². The van der Waals surface area contributed by atoms with Gasteiger partial charge in [-0.1, -0.05) is 63.1 Å². The molecule has 0 fully saturated rings. The number of hydrogen-bond donors (Lipinski definition) is 0. The lowest BCUT2D eigenvalue weighted by Gasteiger charge is -2.41. The monoisotopic (exact) mass is 260 g/mol. The molecule has 1 aliphatic carbocycles. The van der Waals surface area contributed by atoms with Crippen molar-refractivity contribution in [2.75, 3.05) is 0 Å². The van der Waals surface area contributed by atoms with E-state index in [1.165, 1.54) is 36.0 Å². The van der Waals surface area contributed by atoms with Crippen LogP contribution in [-0.4, -0.2) is 0 Å². The number of rotatable bonds is 3. The maximum Gasteiger partial charge on any atom is 0.00622 e. The van der Waals surface area contributed by atoms with E-state index in [1.54, 1.807) is 0 Å². The van der Waals surface area contributed by atoms with Crippen LogP contribution < -0.4 is 0 Å². The predicted molar refractivity (Wildman–Crippen MR) is 87.2 cm³/mol. The third-order valence-electron chi connectivity index (χ3n) is 5.27. The second-order valence-electron chi connectivity index (χ2n) is 7.39. The Kier molecular flexibility index (Phi) is 4.87. The smallest absolute Gasteiger partial charge is 0.00622 e. The summed E-state index contributed by atoms with van der Waals surface area (Å²) in [5.41, 5.74) is 4.55. The minimum absolute atomic E-state index is 0.168. The van der Waals surface area contributed by atoms with Gasteiger partial charge in [-0.3, -0.25) is 0 Å². The van der Waals surface area contributed by atoms with Crippen LogP contribution >= 0.6 is 0 Å². The molecule has 0 N–H and O–H groups in total. The zero-order valence-corrected chi connectivity index (χ0v) is 13.9. The van der Waals surface area contributed by atoms with Crippen LogP contribution in [-0.2, 0) is 0 Å². The Labute approximate surface area is 120 Å². The fourth-order valence-corrected chi connectivity index (χ4v) is 3.56. The van der Waals surface area contributed by atoms with Crippen LogP contribution in [0.25, 0.3) is 0 Å². The summed E-state index contributed by atoms with van der Waals surface area (Å²) >= 11 is 0. The molecular weight excluding hydrogens is 228 g/mol. The lowest BCUT2D eigenvalue weighted by Crippen LogP contribution is -2.29. The van der Waals surface area contributed by atoms with E-state index in [2.05, 4.69) is 60.8 Å². The van der Waals surface area contributed by atoms with Crippen LogP contribution in [0.1, 0.15) is 67.2 Å². The predicted octanol–water partition coefficient (Wildman–Crippen LogP) is 6.31. The molecule has 0 heterocycles. The molecule has 0 radical (unpaired) electrons. The van der Waals surface area contributed by atoms with E-state index in [9.17, 15) is 0 Å². The Morgan fingerprint density at radius 2 is 1.79 bits per heavy atom. The summed E-state index contributed by atoms with van der Waals surface area (Å²) in [6.07, 6.45) is 7.34. The molecule has 1 rings (SSSR count). The molecule has 0 aromatic heterocycles. The summed E-state index contributed by atoms with van der Waals surface area (Å²) in [7, 11) is 0. The van der Waals surface area contributed by atoms with Crippen LogP contribution in [0.5, 0.6) is 0 Å². The molecule has 0 aromatic carbocycles. The molecule has 0 saturated carbocycles. The molecule has 3 unspecified atom stereocenters. The third-order valence-corrected chi connectivity index (χ3v) is 5.27. The third kappa shape index (κ3) is 3.61. The molecule has 1 aliphatic rings. The Balaban J connectivity index is 3.20. The van der Waals surface area contributed by atoms with Crippen LogP contribution in [0, 0.1) is 16.7 Å². The van der Waals surface area contributed by atoms with Gasteiger partial charge in [-0.25, -0.2) is 0 Å². The van der Waals surface area contributed by atoms with E-state index < -0.39 is 0 Å². The van der Waals surface area contributed by atoms with E-state index in [0.29, 0.717) is 0 Å². The summed E-state index contributed by atoms with van der Waals surface area (Å²) in [5.74, 6) is 0.757. The Morgan fingerprint density at radius 3 is 2.21 bits per heavy atom. The molecule has 0 aromatic rings. The average Bonchev–Trinajstić information content (AvgIpc) is 2.25. The van der Waals surface area contributed by atoms with Gasteiger partial charge in [-0.15, -0.1) is 0 Å². The van der Waals surface area contributed by atoms with Crippen molar-refractivity contribution in [2.45, 2.75) is 67.2 Å². The van der Waals surface area contributed by atoms with Crippen molar-refractivity contribution in [3.63, 3.8) is 0 Å². The molecule has 0 nitrogen and oxygen atoms in total. The maximum atomic E-state index is 4.25. The fraction of sp³-hybridized carbons (Fsp3) is 0.684. The first-order valence-corrected chi connectivity index (χ1v) is 7.63. The molecular formula is C19H32. The van der Waals surface area contributed by atoms with Gasteiger partial charge < -0.3 is 0 Å². The Hall–Kier alpha value is -0.780. The molecule has 0 saturated heterocycles. The van der Waals surface area contributed by atoms with Gasteiger partial charge in [0.2, 0.25) is 0 Å². The average molecular weight is 260 g/mol. The van der Waals surface area contributed by atoms with E-state index >= 15 is 0 Å². The Bertz CT molecular complexity index is 398. The SMILES string of the molecule is C=C(C)C1(C)C=C(C)CC(C)(C(=C)C)CC(CC)C1. The Morgan fingerprint density at radius 1 is 1.21 bits per heavy atom. The number of hydrogen-bond acceptors (Lipinski definition) is 0. The second kappa shape index (κ2) is 5.69. The van der Waals surface area contributed by atoms with Gasteiger partial charge in [0.15, 0.2) is 0 Å². The van der Waals surface area contributed by atoms with Crippen molar-refractivity contribution in [1.29, 1.82) is 0 Å². The van der Waals surface area contributed by atoms with Crippen LogP contribution in [0.3, 0.4) is 0 Å². The highest BCUT2D eigenvalue weighted by Crippen LogP contribution is 2.48. The van der Waals surface area contributed by atoms with Crippen molar-refractivity contribution in [3.05, 3.63) is 36.0 Å². The topological polar surface area (TPSA) is 0 Å².